The predicted octanol–water partition coefficient (Wildman–Crippen LogP) is 3.58. The van der Waals surface area contributed by atoms with Crippen molar-refractivity contribution >= 4 is 0 Å². The van der Waals surface area contributed by atoms with Crippen LogP contribution < -0.4 is 0 Å². The molecule has 1 saturated heterocycles. The molecule has 0 unspecified atom stereocenters. The number of aliphatic hydroxyl groups is 1. The van der Waals surface area contributed by atoms with Crippen LogP contribution in [0.15, 0.2) is 0 Å². The van der Waals surface area contributed by atoms with Crippen LogP contribution in [0.2, 0.25) is 0 Å². The Morgan fingerprint density at radius 3 is 2.06 bits per heavy atom. The molecule has 0 aromatic carbocycles. The van der Waals surface area contributed by atoms with E-state index in [1.54, 1.807) is 0 Å². The van der Waals surface area contributed by atoms with Crippen LogP contribution in [0.3, 0.4) is 0 Å². The van der Waals surface area contributed by atoms with Crippen molar-refractivity contribution in [3.8, 4) is 0 Å². The highest BCUT2D eigenvalue weighted by molar-refractivity contribution is 4.94. The smallest absolute Gasteiger partial charge is 0.0900 e. The normalized spacial score (nSPS) is 19.2. The summed E-state index contributed by atoms with van der Waals surface area (Å²) in [5.74, 6) is 0. The van der Waals surface area contributed by atoms with E-state index >= 15 is 0 Å². The van der Waals surface area contributed by atoms with Gasteiger partial charge in [0.15, 0.2) is 0 Å². The van der Waals surface area contributed by atoms with Gasteiger partial charge in [0.2, 0.25) is 0 Å². The first-order chi connectivity index (χ1) is 8.20. The molecule has 1 rings (SSSR count). The minimum atomic E-state index is -0.337. The van der Waals surface area contributed by atoms with Crippen molar-refractivity contribution in [2.75, 3.05) is 19.6 Å². The van der Waals surface area contributed by atoms with E-state index in [9.17, 15) is 5.11 Å². The SMILES string of the molecule is CCCCCCCCCN1CC(O)(CCC)C1. The Hall–Kier alpha value is -0.0800. The van der Waals surface area contributed by atoms with Crippen molar-refractivity contribution in [3.63, 3.8) is 0 Å². The fourth-order valence-electron chi connectivity index (χ4n) is 2.86. The van der Waals surface area contributed by atoms with Gasteiger partial charge in [0.05, 0.1) is 5.60 Å². The molecule has 2 heteroatoms. The van der Waals surface area contributed by atoms with Gasteiger partial charge in [-0.1, -0.05) is 58.8 Å². The topological polar surface area (TPSA) is 23.5 Å². The molecule has 0 spiro atoms. The van der Waals surface area contributed by atoms with Crippen molar-refractivity contribution in [2.45, 2.75) is 77.2 Å². The predicted molar refractivity (Wildman–Crippen MR) is 74.3 cm³/mol. The summed E-state index contributed by atoms with van der Waals surface area (Å²) in [5, 5.41) is 10.0. The molecule has 1 heterocycles. The highest BCUT2D eigenvalue weighted by Gasteiger charge is 2.39. The van der Waals surface area contributed by atoms with Crippen LogP contribution in [0.25, 0.3) is 0 Å². The number of hydrogen-bond acceptors (Lipinski definition) is 2. The van der Waals surface area contributed by atoms with Gasteiger partial charge in [-0.05, 0) is 19.4 Å². The van der Waals surface area contributed by atoms with Gasteiger partial charge in [-0.2, -0.15) is 0 Å². The van der Waals surface area contributed by atoms with Crippen molar-refractivity contribution in [1.29, 1.82) is 0 Å². The van der Waals surface area contributed by atoms with Gasteiger partial charge in [-0.3, -0.25) is 4.90 Å². The average Bonchev–Trinajstić information content (AvgIpc) is 2.26. The number of nitrogens with zero attached hydrogens (tertiary/aromatic N) is 1. The molecule has 1 fully saturated rings. The molecule has 0 atom stereocenters. The van der Waals surface area contributed by atoms with Gasteiger partial charge in [-0.25, -0.2) is 0 Å². The Labute approximate surface area is 107 Å². The van der Waals surface area contributed by atoms with E-state index in [0.717, 1.165) is 25.9 Å². The largest absolute Gasteiger partial charge is 0.387 e. The standard InChI is InChI=1S/C15H31NO/c1-3-5-6-7-8-9-10-12-16-13-15(17,14-16)11-4-2/h17H,3-14H2,1-2H3. The Balaban J connectivity index is 1.86. The van der Waals surface area contributed by atoms with Crippen LogP contribution in [0.1, 0.15) is 71.6 Å². The molecule has 0 saturated carbocycles. The Morgan fingerprint density at radius 2 is 1.47 bits per heavy atom. The zero-order valence-corrected chi connectivity index (χ0v) is 11.9. The first-order valence-electron chi connectivity index (χ1n) is 7.65. The molecular weight excluding hydrogens is 210 g/mol. The summed E-state index contributed by atoms with van der Waals surface area (Å²) >= 11 is 0. The highest BCUT2D eigenvalue weighted by Crippen LogP contribution is 2.25. The third-order valence-electron chi connectivity index (χ3n) is 3.83. The van der Waals surface area contributed by atoms with Gasteiger partial charge < -0.3 is 5.11 Å². The lowest BCUT2D eigenvalue weighted by atomic mass is 9.89. The van der Waals surface area contributed by atoms with Crippen molar-refractivity contribution < 1.29 is 5.11 Å². The van der Waals surface area contributed by atoms with E-state index in [4.69, 9.17) is 0 Å². The van der Waals surface area contributed by atoms with E-state index in [2.05, 4.69) is 18.7 Å². The van der Waals surface area contributed by atoms with Crippen LogP contribution in [-0.4, -0.2) is 35.2 Å². The molecule has 0 bridgehead atoms. The lowest BCUT2D eigenvalue weighted by Gasteiger charge is -2.46. The summed E-state index contributed by atoms with van der Waals surface area (Å²) in [7, 11) is 0. The molecule has 0 radical (unpaired) electrons. The minimum absolute atomic E-state index is 0.337. The third kappa shape index (κ3) is 5.87. The van der Waals surface area contributed by atoms with Crippen LogP contribution in [0.5, 0.6) is 0 Å². The van der Waals surface area contributed by atoms with Crippen molar-refractivity contribution in [3.05, 3.63) is 0 Å². The molecule has 2 nitrogen and oxygen atoms in total. The molecule has 1 aliphatic rings. The summed E-state index contributed by atoms with van der Waals surface area (Å²) in [6, 6.07) is 0. The molecule has 102 valence electrons. The van der Waals surface area contributed by atoms with E-state index < -0.39 is 0 Å². The Kier molecular flexibility index (Phi) is 7.14. The Morgan fingerprint density at radius 1 is 0.882 bits per heavy atom. The number of likely N-dealkylation sites (tertiary alicyclic amines) is 1. The summed E-state index contributed by atoms with van der Waals surface area (Å²) in [6.45, 7) is 7.44. The lowest BCUT2D eigenvalue weighted by Crippen LogP contribution is -2.61. The molecule has 0 aromatic rings. The maximum Gasteiger partial charge on any atom is 0.0900 e. The molecule has 0 amide bonds. The first kappa shape index (κ1) is 15.0. The van der Waals surface area contributed by atoms with Crippen molar-refractivity contribution in [1.82, 2.24) is 4.90 Å². The van der Waals surface area contributed by atoms with Gasteiger partial charge in [0, 0.05) is 13.1 Å². The fourth-order valence-corrected chi connectivity index (χ4v) is 2.86. The number of β-amino-alcohol motifs (C(OH)–C–C–N with tert-alkyl or cyclic N) is 1. The van der Waals surface area contributed by atoms with E-state index in [0.29, 0.717) is 0 Å². The number of unbranched alkanes of at least 4 members (excludes halogenated alkanes) is 6. The molecule has 0 aromatic heterocycles. The maximum absolute atomic E-state index is 10.0. The van der Waals surface area contributed by atoms with Crippen LogP contribution in [0, 0.1) is 0 Å². The van der Waals surface area contributed by atoms with E-state index in [1.807, 2.05) is 0 Å². The third-order valence-corrected chi connectivity index (χ3v) is 3.83. The number of hydrogen-bond donors (Lipinski definition) is 1. The van der Waals surface area contributed by atoms with Gasteiger partial charge in [0.1, 0.15) is 0 Å². The molecule has 1 N–H and O–H groups in total. The second-order valence-electron chi connectivity index (χ2n) is 5.81. The van der Waals surface area contributed by atoms with E-state index in [1.165, 1.54) is 51.5 Å². The molecule has 1 aliphatic heterocycles. The van der Waals surface area contributed by atoms with Crippen LogP contribution in [-0.2, 0) is 0 Å². The lowest BCUT2D eigenvalue weighted by molar-refractivity contribution is -0.103. The average molecular weight is 241 g/mol. The minimum Gasteiger partial charge on any atom is -0.387 e. The van der Waals surface area contributed by atoms with Gasteiger partial charge in [-0.15, -0.1) is 0 Å². The molecule has 0 aliphatic carbocycles. The summed E-state index contributed by atoms with van der Waals surface area (Å²) in [4.78, 5) is 2.40. The van der Waals surface area contributed by atoms with Gasteiger partial charge in [0.25, 0.3) is 0 Å². The zero-order chi connectivity index (χ0) is 12.6. The summed E-state index contributed by atoms with van der Waals surface area (Å²) in [6.07, 6.45) is 11.7. The van der Waals surface area contributed by atoms with Crippen LogP contribution >= 0.6 is 0 Å². The molecular formula is C15H31NO. The second-order valence-corrected chi connectivity index (χ2v) is 5.81. The van der Waals surface area contributed by atoms with Crippen LogP contribution in [0.4, 0.5) is 0 Å². The second kappa shape index (κ2) is 8.10. The summed E-state index contributed by atoms with van der Waals surface area (Å²) in [5.41, 5.74) is -0.337. The highest BCUT2D eigenvalue weighted by atomic mass is 16.3. The van der Waals surface area contributed by atoms with Gasteiger partial charge >= 0.3 is 0 Å². The van der Waals surface area contributed by atoms with E-state index in [-0.39, 0.29) is 5.60 Å². The maximum atomic E-state index is 10.0. The summed E-state index contributed by atoms with van der Waals surface area (Å²) < 4.78 is 0. The molecule has 17 heavy (non-hydrogen) atoms. The monoisotopic (exact) mass is 241 g/mol. The van der Waals surface area contributed by atoms with Crippen molar-refractivity contribution in [2.24, 2.45) is 0 Å². The zero-order valence-electron chi connectivity index (χ0n) is 11.9. The first-order valence-corrected chi connectivity index (χ1v) is 7.65. The quantitative estimate of drug-likeness (QED) is 0.591. The fraction of sp³-hybridized carbons (Fsp3) is 1.00. The number of rotatable bonds is 10. The Bertz CT molecular complexity index is 187.